The van der Waals surface area contributed by atoms with E-state index in [2.05, 4.69) is 13.8 Å². The van der Waals surface area contributed by atoms with E-state index >= 15 is 0 Å². The first-order valence-electron chi connectivity index (χ1n) is 6.17. The van der Waals surface area contributed by atoms with Crippen molar-refractivity contribution in [3.8, 4) is 0 Å². The number of nitrogens with two attached hydrogens (primary N) is 1. The van der Waals surface area contributed by atoms with Crippen LogP contribution in [-0.4, -0.2) is 30.4 Å². The van der Waals surface area contributed by atoms with Gasteiger partial charge in [-0.25, -0.2) is 0 Å². The summed E-state index contributed by atoms with van der Waals surface area (Å²) < 4.78 is 0. The monoisotopic (exact) mass is 234 g/mol. The van der Waals surface area contributed by atoms with Crippen molar-refractivity contribution in [2.45, 2.75) is 32.7 Å². The van der Waals surface area contributed by atoms with Gasteiger partial charge in [-0.2, -0.15) is 0 Å². The van der Waals surface area contributed by atoms with Crippen molar-refractivity contribution in [1.29, 1.82) is 0 Å². The van der Waals surface area contributed by atoms with Crippen LogP contribution in [0.4, 0.5) is 0 Å². The SMILES string of the molecule is CCC(C)N(C)C(=O)c1ccccc1CCN. The summed E-state index contributed by atoms with van der Waals surface area (Å²) in [4.78, 5) is 14.1. The Kier molecular flexibility index (Phi) is 5.16. The second-order valence-electron chi connectivity index (χ2n) is 4.37. The average molecular weight is 234 g/mol. The highest BCUT2D eigenvalue weighted by atomic mass is 16.2. The minimum atomic E-state index is 0.0865. The average Bonchev–Trinajstić information content (AvgIpc) is 2.37. The predicted molar refractivity (Wildman–Crippen MR) is 71.0 cm³/mol. The van der Waals surface area contributed by atoms with Gasteiger partial charge in [0.1, 0.15) is 0 Å². The third-order valence-electron chi connectivity index (χ3n) is 3.23. The lowest BCUT2D eigenvalue weighted by molar-refractivity contribution is 0.0739. The Morgan fingerprint density at radius 2 is 2.06 bits per heavy atom. The molecule has 0 fully saturated rings. The van der Waals surface area contributed by atoms with Crippen LogP contribution in [0.2, 0.25) is 0 Å². The van der Waals surface area contributed by atoms with E-state index in [-0.39, 0.29) is 11.9 Å². The van der Waals surface area contributed by atoms with Gasteiger partial charge in [-0.05, 0) is 37.9 Å². The Labute approximate surface area is 104 Å². The molecule has 0 saturated heterocycles. The number of amides is 1. The molecule has 0 bridgehead atoms. The molecule has 1 atom stereocenters. The van der Waals surface area contributed by atoms with Crippen LogP contribution in [0, 0.1) is 0 Å². The van der Waals surface area contributed by atoms with E-state index in [9.17, 15) is 4.79 Å². The summed E-state index contributed by atoms with van der Waals surface area (Å²) in [5.41, 5.74) is 7.38. The molecule has 0 aliphatic carbocycles. The Morgan fingerprint density at radius 3 is 2.65 bits per heavy atom. The van der Waals surface area contributed by atoms with Gasteiger partial charge in [0.05, 0.1) is 0 Å². The van der Waals surface area contributed by atoms with Crippen molar-refractivity contribution in [2.24, 2.45) is 5.73 Å². The topological polar surface area (TPSA) is 46.3 Å². The first kappa shape index (κ1) is 13.7. The first-order valence-corrected chi connectivity index (χ1v) is 6.17. The number of nitrogens with zero attached hydrogens (tertiary/aromatic N) is 1. The summed E-state index contributed by atoms with van der Waals surface area (Å²) in [5.74, 6) is 0.0865. The normalized spacial score (nSPS) is 12.2. The smallest absolute Gasteiger partial charge is 0.254 e. The van der Waals surface area contributed by atoms with Crippen LogP contribution in [0.25, 0.3) is 0 Å². The molecule has 0 spiro atoms. The van der Waals surface area contributed by atoms with Gasteiger partial charge in [-0.3, -0.25) is 4.79 Å². The number of benzene rings is 1. The number of rotatable bonds is 5. The molecule has 1 rings (SSSR count). The molecule has 0 heterocycles. The van der Waals surface area contributed by atoms with Gasteiger partial charge >= 0.3 is 0 Å². The van der Waals surface area contributed by atoms with Gasteiger partial charge in [-0.15, -0.1) is 0 Å². The molecule has 1 aromatic rings. The van der Waals surface area contributed by atoms with Gasteiger partial charge in [0.25, 0.3) is 5.91 Å². The maximum atomic E-state index is 12.3. The molecule has 0 aliphatic rings. The Bertz CT molecular complexity index is 376. The molecule has 1 unspecified atom stereocenters. The fourth-order valence-corrected chi connectivity index (χ4v) is 1.77. The van der Waals surface area contributed by atoms with Crippen LogP contribution < -0.4 is 5.73 Å². The van der Waals surface area contributed by atoms with Crippen molar-refractivity contribution < 1.29 is 4.79 Å². The van der Waals surface area contributed by atoms with E-state index in [0.717, 1.165) is 24.0 Å². The Hall–Kier alpha value is -1.35. The van der Waals surface area contributed by atoms with E-state index in [1.807, 2.05) is 31.3 Å². The molecular weight excluding hydrogens is 212 g/mol. The van der Waals surface area contributed by atoms with Crippen LogP contribution in [0.5, 0.6) is 0 Å². The molecule has 0 radical (unpaired) electrons. The van der Waals surface area contributed by atoms with Gasteiger partial charge in [0.2, 0.25) is 0 Å². The highest BCUT2D eigenvalue weighted by molar-refractivity contribution is 5.95. The lowest BCUT2D eigenvalue weighted by Crippen LogP contribution is -2.35. The van der Waals surface area contributed by atoms with Crippen molar-refractivity contribution in [2.75, 3.05) is 13.6 Å². The molecule has 0 aromatic heterocycles. The standard InChI is InChI=1S/C14H22N2O/c1-4-11(2)16(3)14(17)13-8-6-5-7-12(13)9-10-15/h5-8,11H,4,9-10,15H2,1-3H3. The molecule has 0 saturated carbocycles. The lowest BCUT2D eigenvalue weighted by Gasteiger charge is -2.24. The third-order valence-corrected chi connectivity index (χ3v) is 3.23. The molecule has 2 N–H and O–H groups in total. The molecule has 0 aliphatic heterocycles. The zero-order chi connectivity index (χ0) is 12.8. The van der Waals surface area contributed by atoms with Gasteiger partial charge < -0.3 is 10.6 Å². The quantitative estimate of drug-likeness (QED) is 0.847. The molecule has 94 valence electrons. The largest absolute Gasteiger partial charge is 0.339 e. The van der Waals surface area contributed by atoms with Crippen molar-refractivity contribution in [3.63, 3.8) is 0 Å². The second-order valence-corrected chi connectivity index (χ2v) is 4.37. The molecule has 3 heteroatoms. The number of carbonyl (C=O) groups excluding carboxylic acids is 1. The van der Waals surface area contributed by atoms with Gasteiger partial charge in [0.15, 0.2) is 0 Å². The molecule has 1 aromatic carbocycles. The fraction of sp³-hybridized carbons (Fsp3) is 0.500. The van der Waals surface area contributed by atoms with E-state index in [4.69, 9.17) is 5.73 Å². The summed E-state index contributed by atoms with van der Waals surface area (Å²) in [5, 5.41) is 0. The maximum Gasteiger partial charge on any atom is 0.254 e. The van der Waals surface area contributed by atoms with Crippen molar-refractivity contribution in [1.82, 2.24) is 4.90 Å². The molecule has 1 amide bonds. The van der Waals surface area contributed by atoms with Crippen molar-refractivity contribution >= 4 is 5.91 Å². The van der Waals surface area contributed by atoms with Crippen LogP contribution in [0.3, 0.4) is 0 Å². The van der Waals surface area contributed by atoms with Crippen LogP contribution in [0.15, 0.2) is 24.3 Å². The molecular formula is C14H22N2O. The molecule has 3 nitrogen and oxygen atoms in total. The van der Waals surface area contributed by atoms with E-state index < -0.39 is 0 Å². The highest BCUT2D eigenvalue weighted by Gasteiger charge is 2.18. The number of hydrogen-bond acceptors (Lipinski definition) is 2. The third kappa shape index (κ3) is 3.30. The van der Waals surface area contributed by atoms with Crippen LogP contribution in [-0.2, 0) is 6.42 Å². The summed E-state index contributed by atoms with van der Waals surface area (Å²) >= 11 is 0. The minimum absolute atomic E-state index is 0.0865. The summed E-state index contributed by atoms with van der Waals surface area (Å²) in [6, 6.07) is 7.97. The van der Waals surface area contributed by atoms with Gasteiger partial charge in [-0.1, -0.05) is 25.1 Å². The maximum absolute atomic E-state index is 12.3. The fourth-order valence-electron chi connectivity index (χ4n) is 1.77. The van der Waals surface area contributed by atoms with E-state index in [1.165, 1.54) is 0 Å². The Balaban J connectivity index is 2.95. The van der Waals surface area contributed by atoms with Crippen molar-refractivity contribution in [3.05, 3.63) is 35.4 Å². The minimum Gasteiger partial charge on any atom is -0.339 e. The van der Waals surface area contributed by atoms with E-state index in [0.29, 0.717) is 6.54 Å². The van der Waals surface area contributed by atoms with Crippen LogP contribution >= 0.6 is 0 Å². The first-order chi connectivity index (χ1) is 8.11. The summed E-state index contributed by atoms with van der Waals surface area (Å²) in [6.45, 7) is 4.71. The lowest BCUT2D eigenvalue weighted by atomic mass is 10.0. The summed E-state index contributed by atoms with van der Waals surface area (Å²) in [6.07, 6.45) is 1.71. The zero-order valence-electron chi connectivity index (χ0n) is 10.9. The highest BCUT2D eigenvalue weighted by Crippen LogP contribution is 2.14. The second kappa shape index (κ2) is 6.40. The summed E-state index contributed by atoms with van der Waals surface area (Å²) in [7, 11) is 1.86. The Morgan fingerprint density at radius 1 is 1.41 bits per heavy atom. The van der Waals surface area contributed by atoms with Crippen LogP contribution in [0.1, 0.15) is 36.2 Å². The zero-order valence-corrected chi connectivity index (χ0v) is 10.9. The molecule has 17 heavy (non-hydrogen) atoms. The van der Waals surface area contributed by atoms with Gasteiger partial charge in [0, 0.05) is 18.7 Å². The number of hydrogen-bond donors (Lipinski definition) is 1. The predicted octanol–water partition coefficient (Wildman–Crippen LogP) is 2.06. The van der Waals surface area contributed by atoms with E-state index in [1.54, 1.807) is 4.90 Å². The number of carbonyl (C=O) groups is 1.